The van der Waals surface area contributed by atoms with Crippen molar-refractivity contribution in [3.8, 4) is 5.75 Å². The highest BCUT2D eigenvalue weighted by atomic mass is 16.5. The number of methoxy groups -OCH3 is 1. The average Bonchev–Trinajstić information content (AvgIpc) is 3.18. The average molecular weight is 367 g/mol. The molecule has 0 saturated carbocycles. The summed E-state index contributed by atoms with van der Waals surface area (Å²) in [7, 11) is 1.72. The number of ether oxygens (including phenoxy) is 1. The van der Waals surface area contributed by atoms with E-state index in [2.05, 4.69) is 28.8 Å². The molecule has 2 N–H and O–H groups in total. The topological polar surface area (TPSA) is 50.4 Å². The number of hydrogen-bond acceptors (Lipinski definition) is 4. The van der Waals surface area contributed by atoms with Crippen molar-refractivity contribution >= 4 is 11.5 Å². The Balaban J connectivity index is 1.27. The zero-order chi connectivity index (χ0) is 18.9. The van der Waals surface area contributed by atoms with Gasteiger partial charge in [0.25, 0.3) is 0 Å². The van der Waals surface area contributed by atoms with Crippen LogP contribution in [0.5, 0.6) is 5.75 Å². The molecule has 0 fully saturated rings. The Hall–Kier alpha value is -2.33. The summed E-state index contributed by atoms with van der Waals surface area (Å²) in [6.07, 6.45) is 5.73. The fraction of sp³-hybridized carbons (Fsp3) is 0.435. The zero-order valence-electron chi connectivity index (χ0n) is 16.2. The first-order valence-corrected chi connectivity index (χ1v) is 10.0. The van der Waals surface area contributed by atoms with Crippen LogP contribution in [0.3, 0.4) is 0 Å². The molecule has 0 unspecified atom stereocenters. The van der Waals surface area contributed by atoms with Gasteiger partial charge in [0.15, 0.2) is 5.78 Å². The molecule has 144 valence electrons. The molecule has 1 aliphatic rings. The van der Waals surface area contributed by atoms with E-state index in [1.54, 1.807) is 7.11 Å². The van der Waals surface area contributed by atoms with E-state index in [-0.39, 0.29) is 5.78 Å². The van der Waals surface area contributed by atoms with E-state index < -0.39 is 0 Å². The Labute approximate surface area is 162 Å². The van der Waals surface area contributed by atoms with Gasteiger partial charge in [0.2, 0.25) is 0 Å². The van der Waals surface area contributed by atoms with Crippen LogP contribution >= 0.6 is 0 Å². The zero-order valence-corrected chi connectivity index (χ0v) is 16.2. The molecule has 2 aromatic rings. The summed E-state index contributed by atoms with van der Waals surface area (Å²) in [5.74, 6) is 1.24. The van der Waals surface area contributed by atoms with Crippen molar-refractivity contribution < 1.29 is 9.53 Å². The van der Waals surface area contributed by atoms with Gasteiger partial charge < -0.3 is 15.4 Å². The van der Waals surface area contributed by atoms with Crippen molar-refractivity contribution in [3.63, 3.8) is 0 Å². The number of anilines is 1. The third-order valence-corrected chi connectivity index (χ3v) is 5.14. The number of fused-ring (bicyclic) bond motifs is 1. The van der Waals surface area contributed by atoms with Crippen LogP contribution in [0.25, 0.3) is 0 Å². The molecule has 2 aromatic carbocycles. The molecule has 27 heavy (non-hydrogen) atoms. The highest BCUT2D eigenvalue weighted by molar-refractivity contribution is 5.96. The molecule has 0 amide bonds. The van der Waals surface area contributed by atoms with E-state index in [0.717, 1.165) is 63.1 Å². The van der Waals surface area contributed by atoms with Gasteiger partial charge in [-0.1, -0.05) is 18.2 Å². The van der Waals surface area contributed by atoms with Gasteiger partial charge >= 0.3 is 0 Å². The van der Waals surface area contributed by atoms with Gasteiger partial charge in [-0.15, -0.1) is 0 Å². The number of benzene rings is 2. The minimum atomic E-state index is 0.265. The first-order chi connectivity index (χ1) is 13.3. The molecule has 0 saturated heterocycles. The third kappa shape index (κ3) is 5.57. The van der Waals surface area contributed by atoms with Crippen LogP contribution in [0.1, 0.15) is 47.2 Å². The third-order valence-electron chi connectivity index (χ3n) is 5.14. The van der Waals surface area contributed by atoms with Gasteiger partial charge in [-0.25, -0.2) is 0 Å². The van der Waals surface area contributed by atoms with Crippen molar-refractivity contribution in [3.05, 3.63) is 59.2 Å². The Morgan fingerprint density at radius 3 is 2.85 bits per heavy atom. The second-order valence-corrected chi connectivity index (χ2v) is 7.09. The molecule has 3 rings (SSSR count). The number of ketones is 1. The van der Waals surface area contributed by atoms with Crippen molar-refractivity contribution in [2.75, 3.05) is 32.1 Å². The summed E-state index contributed by atoms with van der Waals surface area (Å²) >= 11 is 0. The van der Waals surface area contributed by atoms with E-state index in [1.165, 1.54) is 16.8 Å². The van der Waals surface area contributed by atoms with Gasteiger partial charge in [-0.2, -0.15) is 0 Å². The number of hydrogen-bond donors (Lipinski definition) is 2. The van der Waals surface area contributed by atoms with Crippen molar-refractivity contribution in [1.29, 1.82) is 0 Å². The van der Waals surface area contributed by atoms with E-state index in [4.69, 9.17) is 4.74 Å². The molecule has 4 nitrogen and oxygen atoms in total. The second kappa shape index (κ2) is 10.1. The lowest BCUT2D eigenvalue weighted by Crippen LogP contribution is -2.17. The molecule has 0 aliphatic carbocycles. The standard InChI is InChI=1S/C23H30N2O2/c1-27-23-10-3-2-7-18(23)8-6-15-24-14-5-4-9-22(26)20-11-12-21-19(17-20)13-16-25-21/h2-3,7,10-12,17,24-25H,4-6,8-9,13-16H2,1H3. The van der Waals surface area contributed by atoms with E-state index in [9.17, 15) is 4.79 Å². The summed E-state index contributed by atoms with van der Waals surface area (Å²) in [5.41, 5.74) is 4.58. The maximum absolute atomic E-state index is 12.3. The van der Waals surface area contributed by atoms with Crippen LogP contribution in [0.2, 0.25) is 0 Å². The Morgan fingerprint density at radius 2 is 1.96 bits per heavy atom. The molecular formula is C23H30N2O2. The number of carbonyl (C=O) groups is 1. The maximum Gasteiger partial charge on any atom is 0.162 e. The number of nitrogens with one attached hydrogen (secondary N) is 2. The fourth-order valence-electron chi connectivity index (χ4n) is 3.60. The lowest BCUT2D eigenvalue weighted by Gasteiger charge is -2.08. The quantitative estimate of drug-likeness (QED) is 0.461. The molecular weight excluding hydrogens is 336 g/mol. The predicted molar refractivity (Wildman–Crippen MR) is 111 cm³/mol. The smallest absolute Gasteiger partial charge is 0.162 e. The summed E-state index contributed by atoms with van der Waals surface area (Å²) < 4.78 is 5.38. The summed E-state index contributed by atoms with van der Waals surface area (Å²) in [4.78, 5) is 12.3. The van der Waals surface area contributed by atoms with Gasteiger partial charge in [0.1, 0.15) is 5.75 Å². The van der Waals surface area contributed by atoms with Gasteiger partial charge in [-0.05, 0) is 80.6 Å². The lowest BCUT2D eigenvalue weighted by molar-refractivity contribution is 0.0979. The first kappa shape index (κ1) is 19.4. The van der Waals surface area contributed by atoms with Crippen LogP contribution in [0.4, 0.5) is 5.69 Å². The van der Waals surface area contributed by atoms with Crippen LogP contribution in [-0.4, -0.2) is 32.5 Å². The molecule has 0 radical (unpaired) electrons. The summed E-state index contributed by atoms with van der Waals surface area (Å²) in [6.45, 7) is 2.94. The predicted octanol–water partition coefficient (Wildman–Crippen LogP) is 4.24. The fourth-order valence-corrected chi connectivity index (χ4v) is 3.60. The normalized spacial score (nSPS) is 12.5. The van der Waals surface area contributed by atoms with Crippen LogP contribution in [0, 0.1) is 0 Å². The van der Waals surface area contributed by atoms with Crippen LogP contribution < -0.4 is 15.4 Å². The Morgan fingerprint density at radius 1 is 1.11 bits per heavy atom. The molecule has 0 bridgehead atoms. The first-order valence-electron chi connectivity index (χ1n) is 10.0. The van der Waals surface area contributed by atoms with Crippen molar-refractivity contribution in [2.45, 2.75) is 38.5 Å². The number of aryl methyl sites for hydroxylation is 1. The van der Waals surface area contributed by atoms with Crippen LogP contribution in [0.15, 0.2) is 42.5 Å². The highest BCUT2D eigenvalue weighted by Crippen LogP contribution is 2.23. The number of Topliss-reactive ketones (excluding diaryl/α,β-unsaturated/α-hetero) is 1. The largest absolute Gasteiger partial charge is 0.496 e. The van der Waals surface area contributed by atoms with Crippen molar-refractivity contribution in [1.82, 2.24) is 5.32 Å². The van der Waals surface area contributed by atoms with E-state index in [0.29, 0.717) is 6.42 Å². The Kier molecular flexibility index (Phi) is 7.28. The molecule has 0 spiro atoms. The SMILES string of the molecule is COc1ccccc1CCCNCCCCC(=O)c1ccc2c(c1)CCN2. The van der Waals surface area contributed by atoms with Gasteiger partial charge in [0, 0.05) is 24.2 Å². The lowest BCUT2D eigenvalue weighted by atomic mass is 10.0. The van der Waals surface area contributed by atoms with Crippen molar-refractivity contribution in [2.24, 2.45) is 0 Å². The summed E-state index contributed by atoms with van der Waals surface area (Å²) in [5, 5.41) is 6.81. The van der Waals surface area contributed by atoms with Crippen LogP contribution in [-0.2, 0) is 12.8 Å². The van der Waals surface area contributed by atoms with E-state index in [1.807, 2.05) is 24.3 Å². The highest BCUT2D eigenvalue weighted by Gasteiger charge is 2.13. The van der Waals surface area contributed by atoms with Gasteiger partial charge in [-0.3, -0.25) is 4.79 Å². The Bertz CT molecular complexity index is 758. The number of para-hydroxylation sites is 1. The number of carbonyl (C=O) groups excluding carboxylic acids is 1. The maximum atomic E-state index is 12.3. The molecule has 4 heteroatoms. The molecule has 0 atom stereocenters. The number of unbranched alkanes of at least 4 members (excludes halogenated alkanes) is 1. The molecule has 1 aliphatic heterocycles. The van der Waals surface area contributed by atoms with Gasteiger partial charge in [0.05, 0.1) is 7.11 Å². The molecule has 1 heterocycles. The monoisotopic (exact) mass is 366 g/mol. The summed E-state index contributed by atoms with van der Waals surface area (Å²) in [6, 6.07) is 14.3. The van der Waals surface area contributed by atoms with E-state index >= 15 is 0 Å². The number of rotatable bonds is 11. The minimum absolute atomic E-state index is 0.265. The minimum Gasteiger partial charge on any atom is -0.496 e. The second-order valence-electron chi connectivity index (χ2n) is 7.09. The molecule has 0 aromatic heterocycles.